The van der Waals surface area contributed by atoms with Gasteiger partial charge >= 0.3 is 5.38 Å². The van der Waals surface area contributed by atoms with Crippen molar-refractivity contribution in [3.05, 3.63) is 85.2 Å². The second-order valence-corrected chi connectivity index (χ2v) is 10.5. The molecule has 0 fully saturated rings. The number of fused-ring (bicyclic) bond motifs is 1. The van der Waals surface area contributed by atoms with E-state index in [0.29, 0.717) is 5.69 Å². The maximum Gasteiger partial charge on any atom is 0.362 e. The van der Waals surface area contributed by atoms with Crippen molar-refractivity contribution in [3.63, 3.8) is 0 Å². The van der Waals surface area contributed by atoms with Gasteiger partial charge in [-0.25, -0.2) is 0 Å². The Morgan fingerprint density at radius 1 is 1.11 bits per heavy atom. The predicted octanol–water partition coefficient (Wildman–Crippen LogP) is 5.56. The molecule has 0 aliphatic carbocycles. The number of halogens is 5. The molecular weight excluding hydrogens is 569 g/mol. The van der Waals surface area contributed by atoms with Crippen LogP contribution in [0, 0.1) is 0 Å². The fourth-order valence-corrected chi connectivity index (χ4v) is 5.53. The summed E-state index contributed by atoms with van der Waals surface area (Å²) in [6.07, 6.45) is 0.164. The fraction of sp³-hybridized carbons (Fsp3) is 0.208. The Balaban J connectivity index is 1.68. The van der Waals surface area contributed by atoms with Gasteiger partial charge < -0.3 is 20.9 Å². The first kappa shape index (κ1) is 27.4. The number of amides is 2. The van der Waals surface area contributed by atoms with Crippen molar-refractivity contribution in [1.82, 2.24) is 9.88 Å². The van der Waals surface area contributed by atoms with Gasteiger partial charge in [0.25, 0.3) is 11.5 Å². The number of nitrogens with zero attached hydrogens (tertiary/aromatic N) is 1. The Hall–Kier alpha value is -2.63. The van der Waals surface area contributed by atoms with Crippen LogP contribution in [0.2, 0.25) is 10.0 Å². The van der Waals surface area contributed by atoms with Gasteiger partial charge in [0, 0.05) is 41.5 Å². The third kappa shape index (κ3) is 6.10. The lowest BCUT2D eigenvalue weighted by atomic mass is 10.1. The highest BCUT2D eigenvalue weighted by Crippen LogP contribution is 2.41. The number of pyridine rings is 1. The second-order valence-electron chi connectivity index (χ2n) is 8.13. The minimum atomic E-state index is -3.88. The molecule has 7 nitrogen and oxygen atoms in total. The number of hydrogen-bond donors (Lipinski definition) is 3. The molecule has 1 aromatic heterocycles. The van der Waals surface area contributed by atoms with Crippen molar-refractivity contribution in [2.75, 3.05) is 11.9 Å². The minimum Gasteiger partial charge on any atom is -0.330 e. The maximum absolute atomic E-state index is 13.9. The molecule has 1 aliphatic rings. The number of nitrogens with two attached hydrogens (primary N) is 1. The van der Waals surface area contributed by atoms with Gasteiger partial charge in [0.15, 0.2) is 0 Å². The Labute approximate surface area is 229 Å². The van der Waals surface area contributed by atoms with Crippen molar-refractivity contribution in [2.45, 2.75) is 34.7 Å². The molecule has 37 heavy (non-hydrogen) atoms. The van der Waals surface area contributed by atoms with E-state index in [0.717, 1.165) is 29.0 Å². The van der Waals surface area contributed by atoms with E-state index in [1.807, 2.05) is 4.98 Å². The summed E-state index contributed by atoms with van der Waals surface area (Å²) in [4.78, 5) is 42.0. The summed E-state index contributed by atoms with van der Waals surface area (Å²) in [6.45, 7) is 0.523. The Morgan fingerprint density at radius 2 is 1.78 bits per heavy atom. The molecule has 0 unspecified atom stereocenters. The predicted molar refractivity (Wildman–Crippen MR) is 140 cm³/mol. The maximum atomic E-state index is 13.9. The van der Waals surface area contributed by atoms with Crippen LogP contribution in [0.5, 0.6) is 0 Å². The summed E-state index contributed by atoms with van der Waals surface area (Å²) < 4.78 is 27.8. The fourth-order valence-electron chi connectivity index (χ4n) is 3.79. The number of carbonyl (C=O) groups excluding carboxylic acids is 2. The largest absolute Gasteiger partial charge is 0.362 e. The first-order valence-corrected chi connectivity index (χ1v) is 12.8. The summed E-state index contributed by atoms with van der Waals surface area (Å²) in [6, 6.07) is 10.8. The number of alkyl halides is 3. The molecule has 0 saturated carbocycles. The number of aromatic amines is 1. The van der Waals surface area contributed by atoms with Crippen LogP contribution in [-0.2, 0) is 23.3 Å². The number of benzene rings is 2. The van der Waals surface area contributed by atoms with Gasteiger partial charge in [-0.1, -0.05) is 47.1 Å². The van der Waals surface area contributed by atoms with Crippen LogP contribution in [0.4, 0.5) is 14.5 Å². The zero-order valence-corrected chi connectivity index (χ0v) is 22.0. The van der Waals surface area contributed by atoms with Crippen LogP contribution < -0.4 is 16.6 Å². The Bertz CT molecular complexity index is 1430. The van der Waals surface area contributed by atoms with Gasteiger partial charge in [0.2, 0.25) is 5.91 Å². The van der Waals surface area contributed by atoms with E-state index in [1.165, 1.54) is 4.90 Å². The average Bonchev–Trinajstić information content (AvgIpc) is 3.24. The molecule has 4 rings (SSSR count). The highest BCUT2D eigenvalue weighted by Gasteiger charge is 2.34. The molecular formula is C24H19Cl3F2N4O3S. The van der Waals surface area contributed by atoms with Crippen LogP contribution in [0.1, 0.15) is 33.6 Å². The molecule has 2 heterocycles. The zero-order chi connectivity index (χ0) is 26.9. The lowest BCUT2D eigenvalue weighted by molar-refractivity contribution is -0.116. The SMILES string of the molecule is NCCC(=O)Nc1ccc2c(c1)CN(C(=O)c1c(Sc3c(Cl)cccc3Cl)cc(C(F)(F)Cl)[nH]c1=O)C2. The van der Waals surface area contributed by atoms with Crippen molar-refractivity contribution < 1.29 is 18.4 Å². The number of anilines is 1. The molecule has 13 heteroatoms. The first-order valence-electron chi connectivity index (χ1n) is 10.8. The lowest BCUT2D eigenvalue weighted by Crippen LogP contribution is -2.32. The van der Waals surface area contributed by atoms with Gasteiger partial charge in [-0.15, -0.1) is 0 Å². The van der Waals surface area contributed by atoms with Crippen LogP contribution >= 0.6 is 46.6 Å². The van der Waals surface area contributed by atoms with Crippen LogP contribution in [0.15, 0.2) is 57.1 Å². The number of hydrogen-bond acceptors (Lipinski definition) is 5. The molecule has 0 atom stereocenters. The number of nitrogens with one attached hydrogen (secondary N) is 2. The molecule has 0 bridgehead atoms. The van der Waals surface area contributed by atoms with Gasteiger partial charge in [-0.3, -0.25) is 14.4 Å². The molecule has 0 spiro atoms. The number of carbonyl (C=O) groups is 2. The standard InChI is InChI=1S/C24H19Cl3F2N4O3S/c25-15-2-1-3-16(26)21(15)37-17-9-18(24(27,28)29)32-22(35)20(17)23(36)33-10-12-4-5-14(8-13(12)11-33)31-19(34)6-7-30/h1-5,8-9H,6-7,10-11,30H2,(H,31,34)(H,32,35). The lowest BCUT2D eigenvalue weighted by Gasteiger charge is -2.19. The minimum absolute atomic E-state index is 0.0789. The first-order chi connectivity index (χ1) is 17.5. The van der Waals surface area contributed by atoms with Crippen molar-refractivity contribution in [3.8, 4) is 0 Å². The second kappa shape index (κ2) is 11.0. The van der Waals surface area contributed by atoms with Crippen LogP contribution in [0.3, 0.4) is 0 Å². The normalized spacial score (nSPS) is 13.0. The number of rotatable bonds is 7. The van der Waals surface area contributed by atoms with Gasteiger partial charge in [0.1, 0.15) is 11.3 Å². The summed E-state index contributed by atoms with van der Waals surface area (Å²) in [5, 5.41) is -0.713. The molecule has 194 valence electrons. The van der Waals surface area contributed by atoms with E-state index in [9.17, 15) is 23.2 Å². The number of H-pyrrole nitrogens is 1. The summed E-state index contributed by atoms with van der Waals surface area (Å²) >= 11 is 18.5. The molecule has 1 aliphatic heterocycles. The smallest absolute Gasteiger partial charge is 0.330 e. The van der Waals surface area contributed by atoms with Crippen LogP contribution in [0.25, 0.3) is 0 Å². The molecule has 4 N–H and O–H groups in total. The van der Waals surface area contributed by atoms with E-state index in [1.54, 1.807) is 36.4 Å². The van der Waals surface area contributed by atoms with E-state index < -0.39 is 22.5 Å². The van der Waals surface area contributed by atoms with E-state index in [-0.39, 0.29) is 57.4 Å². The Kier molecular flexibility index (Phi) is 8.15. The zero-order valence-electron chi connectivity index (χ0n) is 18.9. The van der Waals surface area contributed by atoms with E-state index >= 15 is 0 Å². The van der Waals surface area contributed by atoms with Crippen molar-refractivity contribution >= 4 is 64.1 Å². The highest BCUT2D eigenvalue weighted by atomic mass is 35.5. The summed E-state index contributed by atoms with van der Waals surface area (Å²) in [5.74, 6) is -0.919. The molecule has 0 radical (unpaired) electrons. The number of aromatic nitrogens is 1. The quantitative estimate of drug-likeness (QED) is 0.314. The topological polar surface area (TPSA) is 108 Å². The summed E-state index contributed by atoms with van der Waals surface area (Å²) in [5.41, 5.74) is 5.28. The monoisotopic (exact) mass is 586 g/mol. The average molecular weight is 588 g/mol. The van der Waals surface area contributed by atoms with E-state index in [4.69, 9.17) is 40.5 Å². The van der Waals surface area contributed by atoms with Gasteiger partial charge in [-0.2, -0.15) is 8.78 Å². The van der Waals surface area contributed by atoms with Crippen molar-refractivity contribution in [2.24, 2.45) is 5.73 Å². The molecule has 2 amide bonds. The summed E-state index contributed by atoms with van der Waals surface area (Å²) in [7, 11) is 0. The molecule has 2 aromatic carbocycles. The van der Waals surface area contributed by atoms with Gasteiger partial charge in [-0.05, 0) is 53.1 Å². The third-order valence-electron chi connectivity index (χ3n) is 5.52. The Morgan fingerprint density at radius 3 is 2.43 bits per heavy atom. The third-order valence-corrected chi connectivity index (χ3v) is 7.76. The molecule has 0 saturated heterocycles. The highest BCUT2D eigenvalue weighted by molar-refractivity contribution is 7.99. The van der Waals surface area contributed by atoms with Crippen molar-refractivity contribution in [1.29, 1.82) is 0 Å². The van der Waals surface area contributed by atoms with E-state index in [2.05, 4.69) is 5.32 Å². The van der Waals surface area contributed by atoms with Crippen LogP contribution in [-0.4, -0.2) is 28.2 Å². The molecule has 3 aromatic rings. The van der Waals surface area contributed by atoms with Gasteiger partial charge in [0.05, 0.1) is 10.0 Å².